The van der Waals surface area contributed by atoms with Crippen molar-refractivity contribution in [3.63, 3.8) is 0 Å². The second kappa shape index (κ2) is 4.62. The molecule has 3 heteroatoms. The Morgan fingerprint density at radius 1 is 1.67 bits per heavy atom. The molecule has 1 heterocycles. The summed E-state index contributed by atoms with van der Waals surface area (Å²) < 4.78 is 5.29. The number of nitrogens with zero attached hydrogens (tertiary/aromatic N) is 1. The molecule has 0 radical (unpaired) electrons. The molecular weight excluding hydrogens is 190 g/mol. The maximum atomic E-state index is 11.7. The Kier molecular flexibility index (Phi) is 3.69. The van der Waals surface area contributed by atoms with Crippen molar-refractivity contribution < 1.29 is 9.53 Å². The van der Waals surface area contributed by atoms with Crippen molar-refractivity contribution in [1.29, 1.82) is 0 Å². The van der Waals surface area contributed by atoms with Crippen LogP contribution in [0.15, 0.2) is 24.3 Å². The SMILES string of the molecule is C=C(C)CN(CC1(C)CO1)C(=O)/C=C/C. The van der Waals surface area contributed by atoms with Crippen LogP contribution in [0.3, 0.4) is 0 Å². The van der Waals surface area contributed by atoms with Gasteiger partial charge in [-0.3, -0.25) is 4.79 Å². The summed E-state index contributed by atoms with van der Waals surface area (Å²) >= 11 is 0. The van der Waals surface area contributed by atoms with Gasteiger partial charge in [-0.05, 0) is 26.8 Å². The van der Waals surface area contributed by atoms with Crippen LogP contribution in [-0.2, 0) is 9.53 Å². The first-order valence-electron chi connectivity index (χ1n) is 5.17. The summed E-state index contributed by atoms with van der Waals surface area (Å²) in [4.78, 5) is 13.5. The van der Waals surface area contributed by atoms with Gasteiger partial charge in [-0.2, -0.15) is 0 Å². The number of epoxide rings is 1. The first kappa shape index (κ1) is 12.0. The highest BCUT2D eigenvalue weighted by atomic mass is 16.6. The lowest BCUT2D eigenvalue weighted by molar-refractivity contribution is -0.126. The second-order valence-corrected chi connectivity index (χ2v) is 4.39. The van der Waals surface area contributed by atoms with E-state index in [9.17, 15) is 4.79 Å². The average molecular weight is 209 g/mol. The number of rotatable bonds is 5. The third kappa shape index (κ3) is 3.88. The van der Waals surface area contributed by atoms with Gasteiger partial charge in [0.05, 0.1) is 13.2 Å². The zero-order valence-electron chi connectivity index (χ0n) is 9.75. The Morgan fingerprint density at radius 3 is 2.67 bits per heavy atom. The number of carbonyl (C=O) groups is 1. The summed E-state index contributed by atoms with van der Waals surface area (Å²) in [6, 6.07) is 0. The lowest BCUT2D eigenvalue weighted by Gasteiger charge is -2.23. The molecule has 1 aliphatic rings. The van der Waals surface area contributed by atoms with E-state index in [1.807, 2.05) is 20.8 Å². The van der Waals surface area contributed by atoms with Gasteiger partial charge in [0.2, 0.25) is 5.91 Å². The first-order chi connectivity index (χ1) is 6.97. The van der Waals surface area contributed by atoms with Gasteiger partial charge in [0, 0.05) is 6.54 Å². The Hall–Kier alpha value is -1.09. The molecule has 1 fully saturated rings. The predicted molar refractivity (Wildman–Crippen MR) is 60.6 cm³/mol. The molecule has 1 atom stereocenters. The van der Waals surface area contributed by atoms with Crippen LogP contribution in [0.2, 0.25) is 0 Å². The van der Waals surface area contributed by atoms with Crippen molar-refractivity contribution in [2.45, 2.75) is 26.4 Å². The summed E-state index contributed by atoms with van der Waals surface area (Å²) in [6.07, 6.45) is 3.33. The maximum absolute atomic E-state index is 11.7. The lowest BCUT2D eigenvalue weighted by atomic mass is 10.1. The van der Waals surface area contributed by atoms with Gasteiger partial charge < -0.3 is 9.64 Å². The molecule has 0 saturated carbocycles. The molecule has 0 aromatic heterocycles. The van der Waals surface area contributed by atoms with Crippen molar-refractivity contribution in [3.05, 3.63) is 24.3 Å². The highest BCUT2D eigenvalue weighted by Gasteiger charge is 2.41. The number of allylic oxidation sites excluding steroid dienone is 1. The number of hydrogen-bond donors (Lipinski definition) is 0. The van der Waals surface area contributed by atoms with E-state index in [-0.39, 0.29) is 11.5 Å². The molecule has 15 heavy (non-hydrogen) atoms. The van der Waals surface area contributed by atoms with Gasteiger partial charge in [0.15, 0.2) is 0 Å². The van der Waals surface area contributed by atoms with Crippen molar-refractivity contribution in [2.75, 3.05) is 19.7 Å². The number of ether oxygens (including phenoxy) is 1. The van der Waals surface area contributed by atoms with Crippen molar-refractivity contribution in [2.24, 2.45) is 0 Å². The lowest BCUT2D eigenvalue weighted by Crippen LogP contribution is -2.38. The summed E-state index contributed by atoms with van der Waals surface area (Å²) in [5.74, 6) is 0.0252. The van der Waals surface area contributed by atoms with E-state index in [1.165, 1.54) is 0 Å². The van der Waals surface area contributed by atoms with E-state index in [1.54, 1.807) is 17.1 Å². The fraction of sp³-hybridized carbons (Fsp3) is 0.583. The minimum Gasteiger partial charge on any atom is -0.368 e. The zero-order valence-corrected chi connectivity index (χ0v) is 9.75. The Labute approximate surface area is 91.4 Å². The highest BCUT2D eigenvalue weighted by molar-refractivity contribution is 5.87. The van der Waals surface area contributed by atoms with Gasteiger partial charge in [0.1, 0.15) is 5.60 Å². The monoisotopic (exact) mass is 209 g/mol. The number of amides is 1. The third-order valence-electron chi connectivity index (χ3n) is 2.24. The quantitative estimate of drug-likeness (QED) is 0.392. The summed E-state index contributed by atoms with van der Waals surface area (Å²) in [6.45, 7) is 11.6. The van der Waals surface area contributed by atoms with E-state index in [0.717, 1.165) is 12.2 Å². The molecule has 0 bridgehead atoms. The van der Waals surface area contributed by atoms with Gasteiger partial charge >= 0.3 is 0 Å². The molecule has 1 unspecified atom stereocenters. The first-order valence-corrected chi connectivity index (χ1v) is 5.17. The number of carbonyl (C=O) groups excluding carboxylic acids is 1. The van der Waals surface area contributed by atoms with Crippen LogP contribution < -0.4 is 0 Å². The molecule has 0 spiro atoms. The Balaban J connectivity index is 2.59. The van der Waals surface area contributed by atoms with Crippen LogP contribution in [0.1, 0.15) is 20.8 Å². The third-order valence-corrected chi connectivity index (χ3v) is 2.24. The highest BCUT2D eigenvalue weighted by Crippen LogP contribution is 2.27. The van der Waals surface area contributed by atoms with Gasteiger partial charge in [-0.15, -0.1) is 0 Å². The van der Waals surface area contributed by atoms with Crippen LogP contribution >= 0.6 is 0 Å². The minimum absolute atomic E-state index is 0.0252. The van der Waals surface area contributed by atoms with Crippen molar-refractivity contribution in [1.82, 2.24) is 4.90 Å². The van der Waals surface area contributed by atoms with E-state index in [2.05, 4.69) is 6.58 Å². The second-order valence-electron chi connectivity index (χ2n) is 4.39. The fourth-order valence-corrected chi connectivity index (χ4v) is 1.40. The normalized spacial score (nSPS) is 24.2. The Morgan fingerprint density at radius 2 is 2.27 bits per heavy atom. The van der Waals surface area contributed by atoms with Crippen molar-refractivity contribution in [3.8, 4) is 0 Å². The van der Waals surface area contributed by atoms with E-state index in [4.69, 9.17) is 4.74 Å². The van der Waals surface area contributed by atoms with E-state index in [0.29, 0.717) is 13.1 Å². The van der Waals surface area contributed by atoms with Gasteiger partial charge in [0.25, 0.3) is 0 Å². The maximum Gasteiger partial charge on any atom is 0.246 e. The molecule has 0 N–H and O–H groups in total. The van der Waals surface area contributed by atoms with Crippen LogP contribution in [-0.4, -0.2) is 36.1 Å². The van der Waals surface area contributed by atoms with Crippen LogP contribution in [0.25, 0.3) is 0 Å². The van der Waals surface area contributed by atoms with Crippen molar-refractivity contribution >= 4 is 5.91 Å². The smallest absolute Gasteiger partial charge is 0.246 e. The molecule has 0 aliphatic carbocycles. The predicted octanol–water partition coefficient (Wildman–Crippen LogP) is 1.76. The molecule has 1 amide bonds. The van der Waals surface area contributed by atoms with E-state index >= 15 is 0 Å². The summed E-state index contributed by atoms with van der Waals surface area (Å²) in [7, 11) is 0. The summed E-state index contributed by atoms with van der Waals surface area (Å²) in [5.41, 5.74) is 0.851. The molecule has 1 aliphatic heterocycles. The molecular formula is C12H19NO2. The number of hydrogen-bond acceptors (Lipinski definition) is 2. The topological polar surface area (TPSA) is 32.8 Å². The molecule has 0 aromatic carbocycles. The van der Waals surface area contributed by atoms with E-state index < -0.39 is 0 Å². The molecule has 1 saturated heterocycles. The van der Waals surface area contributed by atoms with Crippen LogP contribution in [0.4, 0.5) is 0 Å². The Bertz CT molecular complexity index is 290. The molecule has 84 valence electrons. The largest absolute Gasteiger partial charge is 0.368 e. The minimum atomic E-state index is -0.132. The fourth-order valence-electron chi connectivity index (χ4n) is 1.40. The molecule has 0 aromatic rings. The average Bonchev–Trinajstić information content (AvgIpc) is 2.82. The van der Waals surface area contributed by atoms with Gasteiger partial charge in [-0.1, -0.05) is 18.2 Å². The standard InChI is InChI=1S/C12H19NO2/c1-5-6-11(14)13(7-10(2)3)8-12(4)9-15-12/h5-6H,2,7-9H2,1,3-4H3/b6-5+. The molecule has 3 nitrogen and oxygen atoms in total. The van der Waals surface area contributed by atoms with Crippen LogP contribution in [0.5, 0.6) is 0 Å². The van der Waals surface area contributed by atoms with Gasteiger partial charge in [-0.25, -0.2) is 0 Å². The zero-order chi connectivity index (χ0) is 11.5. The molecule has 1 rings (SSSR count). The van der Waals surface area contributed by atoms with Crippen LogP contribution in [0, 0.1) is 0 Å². The summed E-state index contributed by atoms with van der Waals surface area (Å²) in [5, 5.41) is 0.